The Morgan fingerprint density at radius 1 is 1.21 bits per heavy atom. The van der Waals surface area contributed by atoms with Gasteiger partial charge >= 0.3 is 5.97 Å². The summed E-state index contributed by atoms with van der Waals surface area (Å²) < 4.78 is 27.1. The lowest BCUT2D eigenvalue weighted by molar-refractivity contribution is 0.0695. The molecule has 3 rings (SSSR count). The Hall–Kier alpha value is -2.73. The zero-order valence-corrected chi connectivity index (χ0v) is 12.8. The molecule has 0 radical (unpaired) electrons. The lowest BCUT2D eigenvalue weighted by Crippen LogP contribution is -2.16. The first-order valence-corrected chi connectivity index (χ1v) is 7.26. The topological polar surface area (TPSA) is 70.2 Å². The van der Waals surface area contributed by atoms with Gasteiger partial charge in [0.1, 0.15) is 17.2 Å². The second-order valence-corrected chi connectivity index (χ2v) is 5.59. The predicted octanol–water partition coefficient (Wildman–Crippen LogP) is 3.75. The lowest BCUT2D eigenvalue weighted by Gasteiger charge is -2.11. The fourth-order valence-corrected chi connectivity index (χ4v) is 2.72. The number of nitrogens with one attached hydrogen (secondary N) is 1. The highest BCUT2D eigenvalue weighted by molar-refractivity contribution is 6.32. The van der Waals surface area contributed by atoms with Crippen molar-refractivity contribution < 1.29 is 18.7 Å². The zero-order valence-electron chi connectivity index (χ0n) is 12.1. The summed E-state index contributed by atoms with van der Waals surface area (Å²) in [4.78, 5) is 26.0. The Morgan fingerprint density at radius 2 is 1.88 bits per heavy atom. The molecule has 0 amide bonds. The number of benzene rings is 2. The summed E-state index contributed by atoms with van der Waals surface area (Å²) in [7, 11) is 0. The monoisotopic (exact) mass is 349 g/mol. The Labute approximate surface area is 139 Å². The van der Waals surface area contributed by atoms with Crippen molar-refractivity contribution in [1.82, 2.24) is 4.98 Å². The van der Waals surface area contributed by atoms with Crippen molar-refractivity contribution in [3.05, 3.63) is 80.1 Å². The summed E-state index contributed by atoms with van der Waals surface area (Å²) in [5.41, 5.74) is -0.0782. The molecule has 0 saturated carbocycles. The van der Waals surface area contributed by atoms with E-state index < -0.39 is 28.6 Å². The van der Waals surface area contributed by atoms with Crippen molar-refractivity contribution in [3.63, 3.8) is 0 Å². The van der Waals surface area contributed by atoms with Crippen LogP contribution in [0, 0.1) is 11.6 Å². The maximum atomic E-state index is 14.1. The molecule has 1 aromatic heterocycles. The number of rotatable bonds is 3. The first kappa shape index (κ1) is 16.1. The van der Waals surface area contributed by atoms with E-state index >= 15 is 0 Å². The molecular weight excluding hydrogens is 340 g/mol. The molecule has 2 N–H and O–H groups in total. The quantitative estimate of drug-likeness (QED) is 0.756. The van der Waals surface area contributed by atoms with Crippen LogP contribution in [0.1, 0.15) is 21.5 Å². The van der Waals surface area contributed by atoms with E-state index in [1.165, 1.54) is 24.3 Å². The number of aromatic nitrogens is 1. The number of carbonyl (C=O) groups is 1. The predicted molar refractivity (Wildman–Crippen MR) is 85.7 cm³/mol. The molecular formula is C17H10ClF2NO3. The minimum atomic E-state index is -1.41. The number of pyridine rings is 1. The molecule has 1 heterocycles. The third-order valence-electron chi connectivity index (χ3n) is 3.69. The van der Waals surface area contributed by atoms with Crippen LogP contribution in [0.4, 0.5) is 8.78 Å². The fourth-order valence-electron chi connectivity index (χ4n) is 2.51. The van der Waals surface area contributed by atoms with E-state index in [0.717, 1.165) is 12.3 Å². The first-order valence-electron chi connectivity index (χ1n) is 6.88. The summed E-state index contributed by atoms with van der Waals surface area (Å²) in [5, 5.41) is 8.73. The molecule has 2 aromatic carbocycles. The van der Waals surface area contributed by atoms with Gasteiger partial charge in [0.15, 0.2) is 0 Å². The molecule has 0 fully saturated rings. The molecule has 122 valence electrons. The highest BCUT2D eigenvalue weighted by atomic mass is 35.5. The molecule has 0 aliphatic carbocycles. The van der Waals surface area contributed by atoms with E-state index in [1.807, 2.05) is 0 Å². The van der Waals surface area contributed by atoms with Crippen molar-refractivity contribution in [2.24, 2.45) is 0 Å². The van der Waals surface area contributed by atoms with Gasteiger partial charge < -0.3 is 10.1 Å². The van der Waals surface area contributed by atoms with Crippen LogP contribution < -0.4 is 5.43 Å². The van der Waals surface area contributed by atoms with Crippen molar-refractivity contribution in [3.8, 4) is 0 Å². The molecule has 0 saturated heterocycles. The summed E-state index contributed by atoms with van der Waals surface area (Å²) in [6, 6.07) is 6.47. The van der Waals surface area contributed by atoms with Crippen LogP contribution in [0.2, 0.25) is 5.02 Å². The Morgan fingerprint density at radius 3 is 2.50 bits per heavy atom. The van der Waals surface area contributed by atoms with Gasteiger partial charge in [-0.2, -0.15) is 0 Å². The van der Waals surface area contributed by atoms with Gasteiger partial charge in [-0.1, -0.05) is 23.7 Å². The van der Waals surface area contributed by atoms with Crippen LogP contribution in [0.3, 0.4) is 0 Å². The Kier molecular flexibility index (Phi) is 4.07. The maximum absolute atomic E-state index is 14.1. The van der Waals surface area contributed by atoms with Gasteiger partial charge in [0.05, 0.1) is 10.5 Å². The van der Waals surface area contributed by atoms with Gasteiger partial charge in [-0.25, -0.2) is 13.6 Å². The number of aromatic amines is 1. The molecule has 0 aliphatic rings. The normalized spacial score (nSPS) is 11.0. The largest absolute Gasteiger partial charge is 0.477 e. The van der Waals surface area contributed by atoms with E-state index in [0.29, 0.717) is 11.1 Å². The van der Waals surface area contributed by atoms with Crippen LogP contribution in [0.15, 0.2) is 41.3 Å². The third kappa shape index (κ3) is 2.76. The van der Waals surface area contributed by atoms with Gasteiger partial charge in [0.2, 0.25) is 5.43 Å². The number of carboxylic acid groups (broad SMARTS) is 1. The maximum Gasteiger partial charge on any atom is 0.341 e. The van der Waals surface area contributed by atoms with Gasteiger partial charge in [0, 0.05) is 23.6 Å². The molecule has 7 heteroatoms. The summed E-state index contributed by atoms with van der Waals surface area (Å²) in [6.07, 6.45) is 1.20. The molecule has 4 nitrogen and oxygen atoms in total. The van der Waals surface area contributed by atoms with Crippen LogP contribution in [0.25, 0.3) is 10.9 Å². The Balaban J connectivity index is 2.24. The molecule has 0 atom stereocenters. The van der Waals surface area contributed by atoms with E-state index in [-0.39, 0.29) is 22.3 Å². The number of aromatic carboxylic acids is 1. The minimum Gasteiger partial charge on any atom is -0.477 e. The summed E-state index contributed by atoms with van der Waals surface area (Å²) >= 11 is 6.02. The second-order valence-electron chi connectivity index (χ2n) is 5.21. The van der Waals surface area contributed by atoms with Crippen molar-refractivity contribution in [1.29, 1.82) is 0 Å². The third-order valence-corrected chi connectivity index (χ3v) is 4.10. The average Bonchev–Trinajstić information content (AvgIpc) is 2.54. The number of hydrogen-bond donors (Lipinski definition) is 2. The number of hydrogen-bond acceptors (Lipinski definition) is 2. The number of H-pyrrole nitrogens is 1. The Bertz CT molecular complexity index is 1010. The van der Waals surface area contributed by atoms with E-state index in [1.54, 1.807) is 0 Å². The number of carboxylic acids is 1. The van der Waals surface area contributed by atoms with E-state index in [4.69, 9.17) is 16.7 Å². The second kappa shape index (κ2) is 6.05. The highest BCUT2D eigenvalue weighted by Gasteiger charge is 2.18. The summed E-state index contributed by atoms with van der Waals surface area (Å²) in [6.45, 7) is 0. The standard InChI is InChI=1S/C17H10ClF2NO3/c18-14-10(5-8-1-3-9(19)4-2-8)15-11(6-13(14)20)16(22)12(7-21-15)17(23)24/h1-4,6-7H,5H2,(H,21,22)(H,23,24). The van der Waals surface area contributed by atoms with E-state index in [9.17, 15) is 18.4 Å². The highest BCUT2D eigenvalue weighted by Crippen LogP contribution is 2.29. The minimum absolute atomic E-state index is 0.103. The van der Waals surface area contributed by atoms with Gasteiger partial charge in [0.25, 0.3) is 0 Å². The molecule has 24 heavy (non-hydrogen) atoms. The van der Waals surface area contributed by atoms with Gasteiger partial charge in [-0.05, 0) is 23.8 Å². The lowest BCUT2D eigenvalue weighted by atomic mass is 10.0. The van der Waals surface area contributed by atoms with Crippen LogP contribution in [-0.4, -0.2) is 16.1 Å². The number of fused-ring (bicyclic) bond motifs is 1. The fraction of sp³-hybridized carbons (Fsp3) is 0.0588. The summed E-state index contributed by atoms with van der Waals surface area (Å²) in [5.74, 6) is -2.64. The average molecular weight is 350 g/mol. The SMILES string of the molecule is O=C(O)c1c[nH]c2c(Cc3ccc(F)cc3)c(Cl)c(F)cc2c1=O. The zero-order chi connectivity index (χ0) is 17.4. The molecule has 0 unspecified atom stereocenters. The molecule has 0 bridgehead atoms. The van der Waals surface area contributed by atoms with Crippen molar-refractivity contribution in [2.75, 3.05) is 0 Å². The van der Waals surface area contributed by atoms with Crippen molar-refractivity contribution >= 4 is 28.5 Å². The van der Waals surface area contributed by atoms with Gasteiger partial charge in [-0.3, -0.25) is 4.79 Å². The van der Waals surface area contributed by atoms with Crippen LogP contribution >= 0.6 is 11.6 Å². The molecule has 0 aliphatic heterocycles. The van der Waals surface area contributed by atoms with Gasteiger partial charge in [-0.15, -0.1) is 0 Å². The number of halogens is 3. The molecule has 3 aromatic rings. The molecule has 0 spiro atoms. The van der Waals surface area contributed by atoms with Crippen LogP contribution in [-0.2, 0) is 6.42 Å². The first-order chi connectivity index (χ1) is 11.4. The van der Waals surface area contributed by atoms with Crippen molar-refractivity contribution in [2.45, 2.75) is 6.42 Å². The van der Waals surface area contributed by atoms with Crippen LogP contribution in [0.5, 0.6) is 0 Å². The van der Waals surface area contributed by atoms with E-state index in [2.05, 4.69) is 4.98 Å². The smallest absolute Gasteiger partial charge is 0.341 e.